The summed E-state index contributed by atoms with van der Waals surface area (Å²) in [7, 11) is -3.54. The fourth-order valence-electron chi connectivity index (χ4n) is 3.68. The number of hydrogen-bond acceptors (Lipinski definition) is 5. The average Bonchev–Trinajstić information content (AvgIpc) is 2.95. The minimum absolute atomic E-state index is 0.0492. The van der Waals surface area contributed by atoms with Crippen LogP contribution in [0.4, 0.5) is 0 Å². The van der Waals surface area contributed by atoms with Gasteiger partial charge < -0.3 is 8.92 Å². The van der Waals surface area contributed by atoms with Crippen molar-refractivity contribution < 1.29 is 17.3 Å². The van der Waals surface area contributed by atoms with Crippen LogP contribution in [0.15, 0.2) is 18.3 Å². The summed E-state index contributed by atoms with van der Waals surface area (Å²) in [5.41, 5.74) is 0.965. The monoisotopic (exact) mass is 325 g/mol. The van der Waals surface area contributed by atoms with Crippen molar-refractivity contribution in [2.45, 2.75) is 44.9 Å². The first-order chi connectivity index (χ1) is 10.5. The molecular formula is C16H23NO4S. The molecule has 0 aromatic carbocycles. The van der Waals surface area contributed by atoms with Crippen molar-refractivity contribution in [3.05, 3.63) is 24.0 Å². The van der Waals surface area contributed by atoms with Crippen LogP contribution in [0, 0.1) is 5.41 Å². The number of aromatic nitrogens is 1. The third-order valence-corrected chi connectivity index (χ3v) is 5.97. The number of nitrogens with zero attached hydrogens (tertiary/aromatic N) is 1. The molecule has 1 unspecified atom stereocenters. The highest BCUT2D eigenvalue weighted by molar-refractivity contribution is 7.87. The van der Waals surface area contributed by atoms with E-state index < -0.39 is 10.1 Å². The molecule has 0 bridgehead atoms. The fraction of sp³-hybridized carbons (Fsp3) is 0.688. The Hall–Kier alpha value is -1.14. The third-order valence-electron chi connectivity index (χ3n) is 4.83. The van der Waals surface area contributed by atoms with Gasteiger partial charge in [0.05, 0.1) is 24.7 Å². The second-order valence-electron chi connectivity index (χ2n) is 6.44. The van der Waals surface area contributed by atoms with Crippen LogP contribution in [-0.2, 0) is 14.9 Å². The number of rotatable bonds is 4. The molecular weight excluding hydrogens is 302 g/mol. The molecule has 22 heavy (non-hydrogen) atoms. The Morgan fingerprint density at radius 2 is 2.18 bits per heavy atom. The maximum Gasteiger partial charge on any atom is 0.308 e. The molecule has 122 valence electrons. The molecule has 1 saturated carbocycles. The Balaban J connectivity index is 1.85. The van der Waals surface area contributed by atoms with E-state index in [1.54, 1.807) is 25.3 Å². The van der Waals surface area contributed by atoms with E-state index in [-0.39, 0.29) is 17.1 Å². The van der Waals surface area contributed by atoms with Crippen molar-refractivity contribution in [2.75, 3.05) is 19.0 Å². The van der Waals surface area contributed by atoms with Gasteiger partial charge in [-0.25, -0.2) is 0 Å². The lowest BCUT2D eigenvalue weighted by molar-refractivity contribution is -0.0189. The van der Waals surface area contributed by atoms with Gasteiger partial charge in [-0.2, -0.15) is 8.42 Å². The smallest absolute Gasteiger partial charge is 0.308 e. The lowest BCUT2D eigenvalue weighted by atomic mass is 9.76. The van der Waals surface area contributed by atoms with Crippen LogP contribution in [0.5, 0.6) is 5.75 Å². The standard InChI is InChI=1S/C16H23NO4S/c1-2-22(18,19)21-14-6-5-9-17-15(14)13-10-16(12-20-11-13)7-3-4-8-16/h5-6,9,13H,2-4,7-8,10-12H2,1H3. The van der Waals surface area contributed by atoms with Crippen LogP contribution >= 0.6 is 0 Å². The van der Waals surface area contributed by atoms with Gasteiger partial charge in [-0.3, -0.25) is 4.98 Å². The van der Waals surface area contributed by atoms with Crippen LogP contribution < -0.4 is 4.18 Å². The Morgan fingerprint density at radius 1 is 1.41 bits per heavy atom. The summed E-state index contributed by atoms with van der Waals surface area (Å²) < 4.78 is 34.6. The van der Waals surface area contributed by atoms with Crippen molar-refractivity contribution in [3.63, 3.8) is 0 Å². The predicted octanol–water partition coefficient (Wildman–Crippen LogP) is 2.87. The Labute approximate surface area is 132 Å². The zero-order valence-electron chi connectivity index (χ0n) is 13.0. The Bertz CT molecular complexity index is 623. The Morgan fingerprint density at radius 3 is 2.91 bits per heavy atom. The molecule has 1 aliphatic carbocycles. The van der Waals surface area contributed by atoms with E-state index in [1.165, 1.54) is 25.7 Å². The Kier molecular flexibility index (Phi) is 4.41. The molecule has 0 N–H and O–H groups in total. The minimum Gasteiger partial charge on any atom is -0.380 e. The number of ether oxygens (including phenoxy) is 1. The number of pyridine rings is 1. The molecule has 1 atom stereocenters. The molecule has 1 saturated heterocycles. The van der Waals surface area contributed by atoms with Crippen LogP contribution in [-0.4, -0.2) is 32.4 Å². The lowest BCUT2D eigenvalue weighted by Gasteiger charge is -2.38. The molecule has 6 heteroatoms. The van der Waals surface area contributed by atoms with E-state index in [2.05, 4.69) is 4.98 Å². The van der Waals surface area contributed by atoms with Crippen molar-refractivity contribution in [2.24, 2.45) is 5.41 Å². The molecule has 0 radical (unpaired) electrons. The second-order valence-corrected chi connectivity index (χ2v) is 8.30. The van der Waals surface area contributed by atoms with Gasteiger partial charge >= 0.3 is 10.1 Å². The van der Waals surface area contributed by atoms with Gasteiger partial charge in [0.25, 0.3) is 0 Å². The molecule has 1 aliphatic heterocycles. The van der Waals surface area contributed by atoms with E-state index in [1.807, 2.05) is 0 Å². The van der Waals surface area contributed by atoms with E-state index in [0.717, 1.165) is 13.0 Å². The zero-order chi connectivity index (χ0) is 15.6. The van der Waals surface area contributed by atoms with Gasteiger partial charge in [0.2, 0.25) is 0 Å². The molecule has 2 heterocycles. The molecule has 1 aromatic rings. The summed E-state index contributed by atoms with van der Waals surface area (Å²) in [6.45, 7) is 2.98. The maximum absolute atomic E-state index is 11.8. The van der Waals surface area contributed by atoms with Crippen LogP contribution in [0.2, 0.25) is 0 Å². The predicted molar refractivity (Wildman–Crippen MR) is 83.4 cm³/mol. The van der Waals surface area contributed by atoms with Gasteiger partial charge in [-0.05, 0) is 43.7 Å². The van der Waals surface area contributed by atoms with Crippen LogP contribution in [0.3, 0.4) is 0 Å². The average molecular weight is 325 g/mol. The van der Waals surface area contributed by atoms with Gasteiger partial charge in [0, 0.05) is 12.1 Å². The molecule has 2 fully saturated rings. The first-order valence-electron chi connectivity index (χ1n) is 7.98. The summed E-state index contributed by atoms with van der Waals surface area (Å²) in [4.78, 5) is 4.41. The second kappa shape index (κ2) is 6.16. The first-order valence-corrected chi connectivity index (χ1v) is 9.56. The lowest BCUT2D eigenvalue weighted by Crippen LogP contribution is -2.34. The summed E-state index contributed by atoms with van der Waals surface area (Å²) in [5, 5.41) is 0. The highest BCUT2D eigenvalue weighted by atomic mass is 32.2. The SMILES string of the molecule is CCS(=O)(=O)Oc1cccnc1C1COCC2(CCCC2)C1. The molecule has 2 aliphatic rings. The van der Waals surface area contributed by atoms with Gasteiger partial charge in [-0.15, -0.1) is 0 Å². The van der Waals surface area contributed by atoms with Crippen molar-refractivity contribution in [3.8, 4) is 5.75 Å². The molecule has 3 rings (SSSR count). The fourth-order valence-corrected chi connectivity index (χ4v) is 4.22. The van der Waals surface area contributed by atoms with Gasteiger partial charge in [0.1, 0.15) is 0 Å². The summed E-state index contributed by atoms with van der Waals surface area (Å²) in [6, 6.07) is 3.39. The van der Waals surface area contributed by atoms with E-state index in [9.17, 15) is 8.42 Å². The highest BCUT2D eigenvalue weighted by Gasteiger charge is 2.41. The van der Waals surface area contributed by atoms with Crippen LogP contribution in [0.25, 0.3) is 0 Å². The van der Waals surface area contributed by atoms with Crippen molar-refractivity contribution in [1.82, 2.24) is 4.98 Å². The normalized spacial score (nSPS) is 24.5. The molecule has 5 nitrogen and oxygen atoms in total. The molecule has 1 spiro atoms. The van der Waals surface area contributed by atoms with Gasteiger partial charge in [-0.1, -0.05) is 12.8 Å². The summed E-state index contributed by atoms with van der Waals surface area (Å²) >= 11 is 0. The summed E-state index contributed by atoms with van der Waals surface area (Å²) in [6.07, 6.45) is 7.60. The molecule has 0 amide bonds. The van der Waals surface area contributed by atoms with E-state index in [0.29, 0.717) is 18.1 Å². The van der Waals surface area contributed by atoms with Crippen molar-refractivity contribution >= 4 is 10.1 Å². The van der Waals surface area contributed by atoms with E-state index in [4.69, 9.17) is 8.92 Å². The quantitative estimate of drug-likeness (QED) is 0.796. The third kappa shape index (κ3) is 3.27. The largest absolute Gasteiger partial charge is 0.380 e. The van der Waals surface area contributed by atoms with Gasteiger partial charge in [0.15, 0.2) is 5.75 Å². The van der Waals surface area contributed by atoms with Crippen LogP contribution in [0.1, 0.15) is 50.6 Å². The number of hydrogen-bond donors (Lipinski definition) is 0. The first kappa shape index (κ1) is 15.7. The maximum atomic E-state index is 11.8. The van der Waals surface area contributed by atoms with Crippen molar-refractivity contribution in [1.29, 1.82) is 0 Å². The highest BCUT2D eigenvalue weighted by Crippen LogP contribution is 2.48. The van der Waals surface area contributed by atoms with E-state index >= 15 is 0 Å². The topological polar surface area (TPSA) is 65.5 Å². The molecule has 1 aromatic heterocycles. The zero-order valence-corrected chi connectivity index (χ0v) is 13.8. The minimum atomic E-state index is -3.54. The summed E-state index contributed by atoms with van der Waals surface area (Å²) in [5.74, 6) is 0.412.